The SMILES string of the molecule is Cc1ccc(C(=O)NCCOC2CCC(N)CC2)c(O)c1. The lowest BCUT2D eigenvalue weighted by molar-refractivity contribution is 0.0267. The number of hydrogen-bond acceptors (Lipinski definition) is 4. The van der Waals surface area contributed by atoms with E-state index in [9.17, 15) is 9.90 Å². The van der Waals surface area contributed by atoms with Crippen LogP contribution in [-0.2, 0) is 4.74 Å². The number of phenolic OH excluding ortho intramolecular Hbond substituents is 1. The number of aryl methyl sites for hydroxylation is 1. The molecule has 1 fully saturated rings. The molecule has 1 amide bonds. The number of ether oxygens (including phenoxy) is 1. The van der Waals surface area contributed by atoms with Crippen LogP contribution in [0.2, 0.25) is 0 Å². The van der Waals surface area contributed by atoms with Gasteiger partial charge in [-0.3, -0.25) is 4.79 Å². The second-order valence-corrected chi connectivity index (χ2v) is 5.68. The van der Waals surface area contributed by atoms with Gasteiger partial charge < -0.3 is 20.9 Å². The highest BCUT2D eigenvalue weighted by atomic mass is 16.5. The van der Waals surface area contributed by atoms with Gasteiger partial charge in [-0.15, -0.1) is 0 Å². The molecular weight excluding hydrogens is 268 g/mol. The third-order valence-electron chi connectivity index (χ3n) is 3.86. The number of carbonyl (C=O) groups is 1. The maximum atomic E-state index is 11.9. The normalized spacial score (nSPS) is 22.0. The van der Waals surface area contributed by atoms with Crippen LogP contribution >= 0.6 is 0 Å². The first-order chi connectivity index (χ1) is 10.1. The van der Waals surface area contributed by atoms with Crippen molar-refractivity contribution in [1.82, 2.24) is 5.32 Å². The van der Waals surface area contributed by atoms with Crippen LogP contribution in [0.5, 0.6) is 5.75 Å². The van der Waals surface area contributed by atoms with Crippen molar-refractivity contribution >= 4 is 5.91 Å². The third kappa shape index (κ3) is 4.72. The lowest BCUT2D eigenvalue weighted by atomic mass is 9.94. The summed E-state index contributed by atoms with van der Waals surface area (Å²) in [4.78, 5) is 11.9. The summed E-state index contributed by atoms with van der Waals surface area (Å²) in [6, 6.07) is 5.32. The van der Waals surface area contributed by atoms with E-state index in [4.69, 9.17) is 10.5 Å². The predicted octanol–water partition coefficient (Wildman–Crippen LogP) is 1.72. The summed E-state index contributed by atoms with van der Waals surface area (Å²) < 4.78 is 5.73. The summed E-state index contributed by atoms with van der Waals surface area (Å²) in [6.07, 6.45) is 4.26. The summed E-state index contributed by atoms with van der Waals surface area (Å²) in [5, 5.41) is 12.5. The van der Waals surface area contributed by atoms with Gasteiger partial charge in [0.1, 0.15) is 5.75 Å². The molecule has 0 bridgehead atoms. The Kier molecular flexibility index (Phi) is 5.59. The van der Waals surface area contributed by atoms with Gasteiger partial charge in [0, 0.05) is 12.6 Å². The van der Waals surface area contributed by atoms with Crippen molar-refractivity contribution in [1.29, 1.82) is 0 Å². The van der Waals surface area contributed by atoms with Crippen LogP contribution in [0.25, 0.3) is 0 Å². The van der Waals surface area contributed by atoms with E-state index in [0.717, 1.165) is 31.2 Å². The fourth-order valence-corrected chi connectivity index (χ4v) is 2.57. The summed E-state index contributed by atoms with van der Waals surface area (Å²) in [7, 11) is 0. The summed E-state index contributed by atoms with van der Waals surface area (Å²) in [6.45, 7) is 2.79. The van der Waals surface area contributed by atoms with E-state index in [2.05, 4.69) is 5.32 Å². The van der Waals surface area contributed by atoms with E-state index in [0.29, 0.717) is 24.8 Å². The first kappa shape index (κ1) is 15.8. The number of carbonyl (C=O) groups excluding carboxylic acids is 1. The Morgan fingerprint density at radius 3 is 2.76 bits per heavy atom. The summed E-state index contributed by atoms with van der Waals surface area (Å²) in [5.74, 6) is -0.267. The molecule has 0 unspecified atom stereocenters. The molecule has 0 spiro atoms. The predicted molar refractivity (Wildman–Crippen MR) is 81.4 cm³/mol. The quantitative estimate of drug-likeness (QED) is 0.721. The molecule has 0 aromatic heterocycles. The number of rotatable bonds is 5. The minimum atomic E-state index is -0.276. The summed E-state index contributed by atoms with van der Waals surface area (Å²) in [5.41, 5.74) is 7.06. The molecule has 4 N–H and O–H groups in total. The van der Waals surface area contributed by atoms with Crippen molar-refractivity contribution in [3.05, 3.63) is 29.3 Å². The van der Waals surface area contributed by atoms with Gasteiger partial charge in [-0.05, 0) is 50.3 Å². The second kappa shape index (κ2) is 7.43. The van der Waals surface area contributed by atoms with Gasteiger partial charge >= 0.3 is 0 Å². The number of amides is 1. The first-order valence-electron chi connectivity index (χ1n) is 7.51. The highest BCUT2D eigenvalue weighted by Gasteiger charge is 2.18. The van der Waals surface area contributed by atoms with Crippen molar-refractivity contribution in [2.24, 2.45) is 5.73 Å². The maximum absolute atomic E-state index is 11.9. The number of hydrogen-bond donors (Lipinski definition) is 3. The monoisotopic (exact) mass is 292 g/mol. The van der Waals surface area contributed by atoms with Crippen LogP contribution in [0.1, 0.15) is 41.6 Å². The minimum absolute atomic E-state index is 0.00897. The highest BCUT2D eigenvalue weighted by molar-refractivity contribution is 5.96. The smallest absolute Gasteiger partial charge is 0.255 e. The molecule has 0 radical (unpaired) electrons. The average Bonchev–Trinajstić information content (AvgIpc) is 2.45. The molecule has 1 aliphatic carbocycles. The van der Waals surface area contributed by atoms with Crippen LogP contribution in [0.15, 0.2) is 18.2 Å². The molecule has 21 heavy (non-hydrogen) atoms. The molecule has 0 atom stereocenters. The van der Waals surface area contributed by atoms with Gasteiger partial charge in [-0.25, -0.2) is 0 Å². The molecule has 0 aliphatic heterocycles. The van der Waals surface area contributed by atoms with Gasteiger partial charge in [0.2, 0.25) is 0 Å². The second-order valence-electron chi connectivity index (χ2n) is 5.68. The lowest BCUT2D eigenvalue weighted by Crippen LogP contribution is -2.33. The van der Waals surface area contributed by atoms with Crippen molar-refractivity contribution in [3.63, 3.8) is 0 Å². The Labute approximate surface area is 125 Å². The molecule has 0 saturated heterocycles. The van der Waals surface area contributed by atoms with Gasteiger partial charge in [0.15, 0.2) is 0 Å². The van der Waals surface area contributed by atoms with Crippen molar-refractivity contribution in [3.8, 4) is 5.75 Å². The molecule has 1 saturated carbocycles. The molecule has 1 aromatic carbocycles. The molecule has 1 aliphatic rings. The van der Waals surface area contributed by atoms with Crippen LogP contribution < -0.4 is 11.1 Å². The van der Waals surface area contributed by atoms with Crippen molar-refractivity contribution < 1.29 is 14.6 Å². The number of nitrogens with one attached hydrogen (secondary N) is 1. The van der Waals surface area contributed by atoms with Crippen LogP contribution in [-0.4, -0.2) is 36.3 Å². The molecule has 2 rings (SSSR count). The fourth-order valence-electron chi connectivity index (χ4n) is 2.57. The van der Waals surface area contributed by atoms with E-state index < -0.39 is 0 Å². The summed E-state index contributed by atoms with van der Waals surface area (Å²) >= 11 is 0. The van der Waals surface area contributed by atoms with Gasteiger partial charge in [0.05, 0.1) is 18.3 Å². The van der Waals surface area contributed by atoms with Crippen molar-refractivity contribution in [2.75, 3.05) is 13.2 Å². The Hall–Kier alpha value is -1.59. The molecule has 0 heterocycles. The third-order valence-corrected chi connectivity index (χ3v) is 3.86. The maximum Gasteiger partial charge on any atom is 0.255 e. The Morgan fingerprint density at radius 1 is 1.38 bits per heavy atom. The zero-order chi connectivity index (χ0) is 15.2. The number of phenols is 1. The number of benzene rings is 1. The Morgan fingerprint density at radius 2 is 2.10 bits per heavy atom. The molecule has 1 aromatic rings. The van der Waals surface area contributed by atoms with E-state index in [1.807, 2.05) is 6.92 Å². The van der Waals surface area contributed by atoms with Gasteiger partial charge in [-0.1, -0.05) is 6.07 Å². The molecule has 5 heteroatoms. The van der Waals surface area contributed by atoms with E-state index in [-0.39, 0.29) is 17.8 Å². The largest absolute Gasteiger partial charge is 0.507 e. The van der Waals surface area contributed by atoms with Crippen LogP contribution in [0.3, 0.4) is 0 Å². The number of aromatic hydroxyl groups is 1. The zero-order valence-electron chi connectivity index (χ0n) is 12.5. The average molecular weight is 292 g/mol. The van der Waals surface area contributed by atoms with Crippen LogP contribution in [0, 0.1) is 6.92 Å². The minimum Gasteiger partial charge on any atom is -0.507 e. The molecule has 5 nitrogen and oxygen atoms in total. The van der Waals surface area contributed by atoms with E-state index >= 15 is 0 Å². The topological polar surface area (TPSA) is 84.6 Å². The van der Waals surface area contributed by atoms with Crippen LogP contribution in [0.4, 0.5) is 0 Å². The zero-order valence-corrected chi connectivity index (χ0v) is 12.5. The fraction of sp³-hybridized carbons (Fsp3) is 0.562. The lowest BCUT2D eigenvalue weighted by Gasteiger charge is -2.26. The van der Waals surface area contributed by atoms with E-state index in [1.54, 1.807) is 18.2 Å². The Bertz CT molecular complexity index is 482. The Balaban J connectivity index is 1.69. The number of nitrogens with two attached hydrogens (primary N) is 1. The standard InChI is InChI=1S/C16H24N2O3/c1-11-2-7-14(15(19)10-11)16(20)18-8-9-21-13-5-3-12(17)4-6-13/h2,7,10,12-13,19H,3-6,8-9,17H2,1H3,(H,18,20). The van der Waals surface area contributed by atoms with Gasteiger partial charge in [-0.2, -0.15) is 0 Å². The molecule has 116 valence electrons. The van der Waals surface area contributed by atoms with Crippen molar-refractivity contribution in [2.45, 2.75) is 44.8 Å². The van der Waals surface area contributed by atoms with Gasteiger partial charge in [0.25, 0.3) is 5.91 Å². The van der Waals surface area contributed by atoms with E-state index in [1.165, 1.54) is 0 Å². The highest BCUT2D eigenvalue weighted by Crippen LogP contribution is 2.20. The first-order valence-corrected chi connectivity index (χ1v) is 7.51. The molecular formula is C16H24N2O3.